The Balaban J connectivity index is 1.57. The minimum Gasteiger partial charge on any atom is -0.307 e. The number of rotatable bonds is 4. The molecule has 1 nitrogen and oxygen atoms in total. The summed E-state index contributed by atoms with van der Waals surface area (Å²) in [7, 11) is 0. The third-order valence-corrected chi connectivity index (χ3v) is 4.62. The van der Waals surface area contributed by atoms with Crippen molar-refractivity contribution in [3.05, 3.63) is 94.5 Å². The molecule has 25 heavy (non-hydrogen) atoms. The Morgan fingerprint density at radius 1 is 1.00 bits per heavy atom. The van der Waals surface area contributed by atoms with E-state index in [9.17, 15) is 0 Å². The predicted octanol–water partition coefficient (Wildman–Crippen LogP) is 5.86. The molecule has 0 saturated carbocycles. The topological polar surface area (TPSA) is 12.0 Å². The van der Waals surface area contributed by atoms with Crippen molar-refractivity contribution in [2.45, 2.75) is 13.0 Å². The largest absolute Gasteiger partial charge is 0.307 e. The molecule has 0 aromatic heterocycles. The molecule has 0 radical (unpaired) electrons. The van der Waals surface area contributed by atoms with Crippen LogP contribution >= 0.6 is 15.9 Å². The van der Waals surface area contributed by atoms with Gasteiger partial charge in [0, 0.05) is 22.6 Å². The summed E-state index contributed by atoms with van der Waals surface area (Å²) in [5.41, 5.74) is 2.34. The van der Waals surface area contributed by atoms with E-state index in [4.69, 9.17) is 0 Å². The zero-order chi connectivity index (χ0) is 17.5. The van der Waals surface area contributed by atoms with E-state index in [1.165, 1.54) is 16.3 Å². The van der Waals surface area contributed by atoms with E-state index in [2.05, 4.69) is 88.6 Å². The molecule has 1 atom stereocenters. The second kappa shape index (κ2) is 8.67. The molecule has 0 aliphatic rings. The lowest BCUT2D eigenvalue weighted by Crippen LogP contribution is -2.18. The van der Waals surface area contributed by atoms with Gasteiger partial charge in [-0.15, -0.1) is 0 Å². The molecule has 0 aliphatic heterocycles. The lowest BCUT2D eigenvalue weighted by molar-refractivity contribution is 0.621. The Kier molecular flexibility index (Phi) is 6.06. The van der Waals surface area contributed by atoms with E-state index in [1.807, 2.05) is 30.3 Å². The fraction of sp³-hybridized carbons (Fsp3) is 0.130. The number of halogens is 1. The zero-order valence-electron chi connectivity index (χ0n) is 14.2. The SMILES string of the molecule is C[C@@H](NCC=CC#Cc1ccc(Br)cc1)c1cccc2ccccc12. The van der Waals surface area contributed by atoms with Gasteiger partial charge in [0.05, 0.1) is 0 Å². The third-order valence-electron chi connectivity index (χ3n) is 4.09. The van der Waals surface area contributed by atoms with Crippen LogP contribution in [0.5, 0.6) is 0 Å². The Labute approximate surface area is 157 Å². The fourth-order valence-corrected chi connectivity index (χ4v) is 3.02. The van der Waals surface area contributed by atoms with Gasteiger partial charge in [-0.2, -0.15) is 0 Å². The van der Waals surface area contributed by atoms with Crippen LogP contribution in [0.15, 0.2) is 83.4 Å². The number of hydrogen-bond acceptors (Lipinski definition) is 1. The summed E-state index contributed by atoms with van der Waals surface area (Å²) in [6.45, 7) is 2.99. The summed E-state index contributed by atoms with van der Waals surface area (Å²) in [5, 5.41) is 6.13. The van der Waals surface area contributed by atoms with Crippen LogP contribution in [-0.2, 0) is 0 Å². The molecule has 2 heteroatoms. The third kappa shape index (κ3) is 4.82. The molecule has 0 fully saturated rings. The summed E-state index contributed by atoms with van der Waals surface area (Å²) < 4.78 is 1.07. The van der Waals surface area contributed by atoms with Crippen molar-refractivity contribution in [3.8, 4) is 11.8 Å². The van der Waals surface area contributed by atoms with E-state index < -0.39 is 0 Å². The van der Waals surface area contributed by atoms with E-state index in [0.29, 0.717) is 0 Å². The summed E-state index contributed by atoms with van der Waals surface area (Å²) in [5.74, 6) is 6.21. The second-order valence-electron chi connectivity index (χ2n) is 5.88. The van der Waals surface area contributed by atoms with Gasteiger partial charge in [-0.3, -0.25) is 0 Å². The van der Waals surface area contributed by atoms with Crippen LogP contribution in [0.4, 0.5) is 0 Å². The number of fused-ring (bicyclic) bond motifs is 1. The lowest BCUT2D eigenvalue weighted by Gasteiger charge is -2.15. The number of nitrogens with one attached hydrogen (secondary N) is 1. The highest BCUT2D eigenvalue weighted by Gasteiger charge is 2.07. The van der Waals surface area contributed by atoms with Crippen LogP contribution in [0, 0.1) is 11.8 Å². The van der Waals surface area contributed by atoms with Crippen LogP contribution in [0.1, 0.15) is 24.1 Å². The van der Waals surface area contributed by atoms with Crippen molar-refractivity contribution < 1.29 is 0 Å². The zero-order valence-corrected chi connectivity index (χ0v) is 15.8. The Morgan fingerprint density at radius 2 is 1.76 bits per heavy atom. The highest BCUT2D eigenvalue weighted by molar-refractivity contribution is 9.10. The lowest BCUT2D eigenvalue weighted by atomic mass is 10.00. The summed E-state index contributed by atoms with van der Waals surface area (Å²) in [6, 6.07) is 23.3. The predicted molar refractivity (Wildman–Crippen MR) is 111 cm³/mol. The second-order valence-corrected chi connectivity index (χ2v) is 6.79. The monoisotopic (exact) mass is 389 g/mol. The van der Waals surface area contributed by atoms with Gasteiger partial charge in [-0.05, 0) is 53.6 Å². The first kappa shape index (κ1) is 17.5. The number of hydrogen-bond donors (Lipinski definition) is 1. The van der Waals surface area contributed by atoms with Crippen LogP contribution < -0.4 is 5.32 Å². The maximum Gasteiger partial charge on any atom is 0.0300 e. The van der Waals surface area contributed by atoms with Gasteiger partial charge in [-0.1, -0.05) is 76.3 Å². The van der Waals surface area contributed by atoms with Gasteiger partial charge >= 0.3 is 0 Å². The average molecular weight is 390 g/mol. The van der Waals surface area contributed by atoms with Crippen molar-refractivity contribution in [2.24, 2.45) is 0 Å². The minimum absolute atomic E-state index is 0.287. The van der Waals surface area contributed by atoms with Gasteiger partial charge in [0.1, 0.15) is 0 Å². The summed E-state index contributed by atoms with van der Waals surface area (Å²) >= 11 is 3.43. The van der Waals surface area contributed by atoms with Gasteiger partial charge in [0.15, 0.2) is 0 Å². The van der Waals surface area contributed by atoms with Gasteiger partial charge in [-0.25, -0.2) is 0 Å². The highest BCUT2D eigenvalue weighted by Crippen LogP contribution is 2.23. The maximum absolute atomic E-state index is 3.54. The molecule has 0 spiro atoms. The van der Waals surface area contributed by atoms with Crippen LogP contribution in [0.2, 0.25) is 0 Å². The molecule has 0 amide bonds. The molecule has 0 saturated heterocycles. The van der Waals surface area contributed by atoms with Gasteiger partial charge < -0.3 is 5.32 Å². The van der Waals surface area contributed by atoms with E-state index >= 15 is 0 Å². The quantitative estimate of drug-likeness (QED) is 0.550. The van der Waals surface area contributed by atoms with Gasteiger partial charge in [0.25, 0.3) is 0 Å². The molecule has 3 aromatic rings. The fourth-order valence-electron chi connectivity index (χ4n) is 2.76. The standard InChI is InChI=1S/C23H20BrN/c1-18(22-12-7-10-20-9-4-5-11-23(20)22)25-17-6-2-3-8-19-13-15-21(24)16-14-19/h2,4-7,9-16,18,25H,17H2,1H3/t18-/m1/s1. The first-order valence-corrected chi connectivity index (χ1v) is 9.16. The average Bonchev–Trinajstić information content (AvgIpc) is 2.65. The molecule has 0 bridgehead atoms. The Hall–Kier alpha value is -2.34. The molecule has 0 heterocycles. The molecular weight excluding hydrogens is 370 g/mol. The van der Waals surface area contributed by atoms with Crippen LogP contribution in [0.25, 0.3) is 10.8 Å². The van der Waals surface area contributed by atoms with Crippen molar-refractivity contribution in [2.75, 3.05) is 6.54 Å². The molecular formula is C23H20BrN. The van der Waals surface area contributed by atoms with Crippen molar-refractivity contribution >= 4 is 26.7 Å². The number of benzene rings is 3. The summed E-state index contributed by atoms with van der Waals surface area (Å²) in [6.07, 6.45) is 3.97. The first-order valence-electron chi connectivity index (χ1n) is 8.37. The molecule has 3 rings (SSSR count). The van der Waals surface area contributed by atoms with Crippen molar-refractivity contribution in [1.82, 2.24) is 5.32 Å². The minimum atomic E-state index is 0.287. The van der Waals surface area contributed by atoms with E-state index in [0.717, 1.165) is 16.6 Å². The van der Waals surface area contributed by atoms with Crippen molar-refractivity contribution in [1.29, 1.82) is 0 Å². The van der Waals surface area contributed by atoms with E-state index in [-0.39, 0.29) is 6.04 Å². The molecule has 1 N–H and O–H groups in total. The van der Waals surface area contributed by atoms with Crippen LogP contribution in [0.3, 0.4) is 0 Å². The maximum atomic E-state index is 3.54. The summed E-state index contributed by atoms with van der Waals surface area (Å²) in [4.78, 5) is 0. The normalized spacial score (nSPS) is 12.1. The number of allylic oxidation sites excluding steroid dienone is 1. The van der Waals surface area contributed by atoms with Crippen molar-refractivity contribution in [3.63, 3.8) is 0 Å². The van der Waals surface area contributed by atoms with E-state index in [1.54, 1.807) is 0 Å². The highest BCUT2D eigenvalue weighted by atomic mass is 79.9. The Morgan fingerprint density at radius 3 is 2.60 bits per heavy atom. The Bertz CT molecular complexity index is 924. The first-order chi connectivity index (χ1) is 12.2. The molecule has 124 valence electrons. The molecule has 0 unspecified atom stereocenters. The molecule has 0 aliphatic carbocycles. The van der Waals surface area contributed by atoms with Gasteiger partial charge in [0.2, 0.25) is 0 Å². The smallest absolute Gasteiger partial charge is 0.0300 e. The van der Waals surface area contributed by atoms with Crippen LogP contribution in [-0.4, -0.2) is 6.54 Å². The molecule has 3 aromatic carbocycles.